The van der Waals surface area contributed by atoms with E-state index in [1.54, 1.807) is 0 Å². The number of hydrogen-bond donors (Lipinski definition) is 1. The van der Waals surface area contributed by atoms with Gasteiger partial charge in [-0.15, -0.1) is 0 Å². The van der Waals surface area contributed by atoms with Gasteiger partial charge in [0, 0.05) is 20.0 Å². The Morgan fingerprint density at radius 1 is 1.24 bits per heavy atom. The summed E-state index contributed by atoms with van der Waals surface area (Å²) in [7, 11) is 2.01. The van der Waals surface area contributed by atoms with E-state index in [2.05, 4.69) is 6.92 Å². The fourth-order valence-corrected chi connectivity index (χ4v) is 4.65. The van der Waals surface area contributed by atoms with Crippen LogP contribution in [-0.4, -0.2) is 30.9 Å². The van der Waals surface area contributed by atoms with Crippen molar-refractivity contribution < 1.29 is 4.79 Å². The van der Waals surface area contributed by atoms with Crippen molar-refractivity contribution in [1.82, 2.24) is 4.90 Å². The van der Waals surface area contributed by atoms with Crippen molar-refractivity contribution in [2.45, 2.75) is 64.7 Å². The fraction of sp³-hybridized carbons (Fsp3) is 0.944. The van der Waals surface area contributed by atoms with Crippen molar-refractivity contribution in [3.8, 4) is 0 Å². The third-order valence-corrected chi connectivity index (χ3v) is 5.86. The lowest BCUT2D eigenvalue weighted by atomic mass is 9.88. The molecule has 3 heteroatoms. The van der Waals surface area contributed by atoms with Crippen LogP contribution in [0.5, 0.6) is 0 Å². The van der Waals surface area contributed by atoms with Gasteiger partial charge in [-0.2, -0.15) is 0 Å². The van der Waals surface area contributed by atoms with Gasteiger partial charge in [0.2, 0.25) is 5.91 Å². The van der Waals surface area contributed by atoms with E-state index in [4.69, 9.17) is 5.73 Å². The molecule has 0 saturated heterocycles. The first kappa shape index (κ1) is 16.8. The van der Waals surface area contributed by atoms with E-state index in [0.29, 0.717) is 18.2 Å². The van der Waals surface area contributed by atoms with Crippen LogP contribution in [0.2, 0.25) is 0 Å². The van der Waals surface area contributed by atoms with Crippen molar-refractivity contribution >= 4 is 5.91 Å². The topological polar surface area (TPSA) is 46.3 Å². The molecule has 3 nitrogen and oxygen atoms in total. The second kappa shape index (κ2) is 8.17. The molecule has 21 heavy (non-hydrogen) atoms. The Bertz CT molecular complexity index is 325. The smallest absolute Gasteiger partial charge is 0.222 e. The van der Waals surface area contributed by atoms with Crippen LogP contribution >= 0.6 is 0 Å². The molecule has 2 rings (SSSR count). The van der Waals surface area contributed by atoms with Crippen LogP contribution in [0, 0.1) is 23.7 Å². The summed E-state index contributed by atoms with van der Waals surface area (Å²) in [6.45, 7) is 3.96. The predicted molar refractivity (Wildman–Crippen MR) is 87.9 cm³/mol. The maximum absolute atomic E-state index is 12.3. The Labute approximate surface area is 130 Å². The molecule has 0 aromatic heterocycles. The van der Waals surface area contributed by atoms with Crippen LogP contribution < -0.4 is 5.73 Å². The minimum atomic E-state index is 0.343. The summed E-state index contributed by atoms with van der Waals surface area (Å²) in [5.74, 6) is 3.65. The molecule has 0 aromatic carbocycles. The highest BCUT2D eigenvalue weighted by Gasteiger charge is 2.39. The molecular formula is C18H34N2O. The van der Waals surface area contributed by atoms with Gasteiger partial charge in [0.1, 0.15) is 0 Å². The first-order valence-corrected chi connectivity index (χ1v) is 9.08. The van der Waals surface area contributed by atoms with Crippen molar-refractivity contribution in [1.29, 1.82) is 0 Å². The Hall–Kier alpha value is -0.570. The summed E-state index contributed by atoms with van der Waals surface area (Å²) in [5.41, 5.74) is 5.67. The molecule has 2 aliphatic carbocycles. The van der Waals surface area contributed by atoms with Crippen LogP contribution in [0.4, 0.5) is 0 Å². The predicted octanol–water partition coefficient (Wildman–Crippen LogP) is 3.43. The second-order valence-corrected chi connectivity index (χ2v) is 7.48. The van der Waals surface area contributed by atoms with E-state index < -0.39 is 0 Å². The number of carbonyl (C=O) groups is 1. The molecule has 2 saturated carbocycles. The molecule has 4 atom stereocenters. The highest BCUT2D eigenvalue weighted by molar-refractivity contribution is 5.75. The number of nitrogens with zero attached hydrogens (tertiary/aromatic N) is 1. The van der Waals surface area contributed by atoms with Crippen LogP contribution in [0.3, 0.4) is 0 Å². The van der Waals surface area contributed by atoms with Gasteiger partial charge in [-0.3, -0.25) is 4.79 Å². The number of nitrogens with two attached hydrogens (primary N) is 1. The van der Waals surface area contributed by atoms with E-state index in [1.165, 1.54) is 38.5 Å². The van der Waals surface area contributed by atoms with Crippen LogP contribution in [-0.2, 0) is 4.79 Å². The lowest BCUT2D eigenvalue weighted by molar-refractivity contribution is -0.131. The normalized spacial score (nSPS) is 28.8. The van der Waals surface area contributed by atoms with E-state index in [0.717, 1.165) is 43.7 Å². The number of hydrogen-bond acceptors (Lipinski definition) is 2. The van der Waals surface area contributed by atoms with Gasteiger partial charge >= 0.3 is 0 Å². The first-order chi connectivity index (χ1) is 10.1. The molecule has 0 aromatic rings. The van der Waals surface area contributed by atoms with Gasteiger partial charge < -0.3 is 10.6 Å². The molecule has 0 aliphatic heterocycles. The molecule has 0 spiro atoms. The van der Waals surface area contributed by atoms with Crippen molar-refractivity contribution in [2.75, 3.05) is 20.1 Å². The molecule has 122 valence electrons. The van der Waals surface area contributed by atoms with Crippen molar-refractivity contribution in [3.63, 3.8) is 0 Å². The van der Waals surface area contributed by atoms with E-state index in [-0.39, 0.29) is 0 Å². The summed E-state index contributed by atoms with van der Waals surface area (Å²) in [5, 5.41) is 0. The molecule has 1 amide bonds. The average molecular weight is 294 g/mol. The maximum atomic E-state index is 12.3. The van der Waals surface area contributed by atoms with Gasteiger partial charge in [-0.1, -0.05) is 26.2 Å². The molecule has 4 unspecified atom stereocenters. The van der Waals surface area contributed by atoms with Crippen molar-refractivity contribution in [3.05, 3.63) is 0 Å². The average Bonchev–Trinajstić information content (AvgIpc) is 3.07. The van der Waals surface area contributed by atoms with E-state index >= 15 is 0 Å². The number of carbonyl (C=O) groups excluding carboxylic acids is 1. The van der Waals surface area contributed by atoms with Gasteiger partial charge in [0.25, 0.3) is 0 Å². The lowest BCUT2D eigenvalue weighted by Gasteiger charge is -2.27. The Balaban J connectivity index is 1.69. The Morgan fingerprint density at radius 3 is 2.62 bits per heavy atom. The first-order valence-electron chi connectivity index (χ1n) is 9.08. The van der Waals surface area contributed by atoms with Crippen LogP contribution in [0.15, 0.2) is 0 Å². The highest BCUT2D eigenvalue weighted by atomic mass is 16.2. The standard InChI is InChI=1S/C18H34N2O/c1-3-4-14(9-10-19)6-8-18(21)20(2)13-17-12-15-5-7-16(17)11-15/h14-17H,3-13,19H2,1-2H3. The Kier molecular flexibility index (Phi) is 6.53. The van der Waals surface area contributed by atoms with Crippen LogP contribution in [0.25, 0.3) is 0 Å². The van der Waals surface area contributed by atoms with Crippen LogP contribution in [0.1, 0.15) is 64.7 Å². The molecule has 2 aliphatic rings. The summed E-state index contributed by atoms with van der Waals surface area (Å²) in [4.78, 5) is 14.4. The molecular weight excluding hydrogens is 260 g/mol. The van der Waals surface area contributed by atoms with Gasteiger partial charge in [-0.25, -0.2) is 0 Å². The maximum Gasteiger partial charge on any atom is 0.222 e. The molecule has 0 heterocycles. The third kappa shape index (κ3) is 4.70. The number of rotatable bonds is 9. The van der Waals surface area contributed by atoms with E-state index in [9.17, 15) is 4.79 Å². The molecule has 2 N–H and O–H groups in total. The zero-order valence-electron chi connectivity index (χ0n) is 14.0. The van der Waals surface area contributed by atoms with E-state index in [1.807, 2.05) is 11.9 Å². The third-order valence-electron chi connectivity index (χ3n) is 5.86. The summed E-state index contributed by atoms with van der Waals surface area (Å²) >= 11 is 0. The van der Waals surface area contributed by atoms with Gasteiger partial charge in [-0.05, 0) is 62.3 Å². The minimum absolute atomic E-state index is 0.343. The largest absolute Gasteiger partial charge is 0.345 e. The van der Waals surface area contributed by atoms with Gasteiger partial charge in [0.15, 0.2) is 0 Å². The Morgan fingerprint density at radius 2 is 2.05 bits per heavy atom. The zero-order chi connectivity index (χ0) is 15.2. The summed E-state index contributed by atoms with van der Waals surface area (Å²) < 4.78 is 0. The fourth-order valence-electron chi connectivity index (χ4n) is 4.65. The van der Waals surface area contributed by atoms with Gasteiger partial charge in [0.05, 0.1) is 0 Å². The number of fused-ring (bicyclic) bond motifs is 2. The quantitative estimate of drug-likeness (QED) is 0.708. The number of amides is 1. The highest BCUT2D eigenvalue weighted by Crippen LogP contribution is 2.48. The zero-order valence-corrected chi connectivity index (χ0v) is 14.0. The second-order valence-electron chi connectivity index (χ2n) is 7.48. The molecule has 2 fully saturated rings. The monoisotopic (exact) mass is 294 g/mol. The molecule has 2 bridgehead atoms. The SMILES string of the molecule is CCCC(CCN)CCC(=O)N(C)CC1CC2CCC1C2. The lowest BCUT2D eigenvalue weighted by Crippen LogP contribution is -2.33. The van der Waals surface area contributed by atoms with Crippen molar-refractivity contribution in [2.24, 2.45) is 29.4 Å². The summed E-state index contributed by atoms with van der Waals surface area (Å²) in [6.07, 6.45) is 10.9. The minimum Gasteiger partial charge on any atom is -0.345 e. The molecule has 0 radical (unpaired) electrons. The summed E-state index contributed by atoms with van der Waals surface area (Å²) in [6, 6.07) is 0.